The van der Waals surface area contributed by atoms with E-state index in [1.807, 2.05) is 12.1 Å². The first-order valence-corrected chi connectivity index (χ1v) is 7.32. The molecule has 1 aromatic heterocycles. The van der Waals surface area contributed by atoms with Gasteiger partial charge in [0.25, 0.3) is 5.91 Å². The fraction of sp³-hybridized carbons (Fsp3) is 0.375. The summed E-state index contributed by atoms with van der Waals surface area (Å²) in [5, 5.41) is 8.73. The van der Waals surface area contributed by atoms with Gasteiger partial charge in [-0.15, -0.1) is 5.10 Å². The summed E-state index contributed by atoms with van der Waals surface area (Å²) in [6, 6.07) is 7.32. The molecule has 1 heterocycles. The van der Waals surface area contributed by atoms with Gasteiger partial charge in [0.05, 0.1) is 6.61 Å². The lowest BCUT2D eigenvalue weighted by molar-refractivity contribution is 0.0512. The predicted octanol–water partition coefficient (Wildman–Crippen LogP) is 2.53. The quantitative estimate of drug-likeness (QED) is 0.845. The number of ether oxygens (including phenoxy) is 1. The zero-order valence-electron chi connectivity index (χ0n) is 13.6. The molecule has 122 valence electrons. The summed E-state index contributed by atoms with van der Waals surface area (Å²) < 4.78 is 4.79. The zero-order chi connectivity index (χ0) is 17.0. The van der Waals surface area contributed by atoms with Gasteiger partial charge < -0.3 is 4.74 Å². The summed E-state index contributed by atoms with van der Waals surface area (Å²) in [5.41, 5.74) is 1.64. The van der Waals surface area contributed by atoms with Crippen molar-refractivity contribution >= 4 is 17.8 Å². The Morgan fingerprint density at radius 3 is 2.43 bits per heavy atom. The van der Waals surface area contributed by atoms with E-state index in [-0.39, 0.29) is 29.7 Å². The molecular formula is C16H20N4O3. The van der Waals surface area contributed by atoms with E-state index >= 15 is 0 Å². The third-order valence-electron chi connectivity index (χ3n) is 3.19. The highest BCUT2D eigenvalue weighted by molar-refractivity contribution is 6.03. The van der Waals surface area contributed by atoms with Crippen LogP contribution in [0.25, 0.3) is 0 Å². The minimum Gasteiger partial charge on any atom is -0.460 e. The lowest BCUT2D eigenvalue weighted by Crippen LogP contribution is -2.15. The maximum absolute atomic E-state index is 12.2. The number of hydrogen-bond donors (Lipinski definition) is 2. The number of anilines is 1. The highest BCUT2D eigenvalue weighted by Crippen LogP contribution is 2.22. The van der Waals surface area contributed by atoms with Crippen molar-refractivity contribution < 1.29 is 14.3 Å². The normalized spacial score (nSPS) is 11.1. The van der Waals surface area contributed by atoms with E-state index in [1.54, 1.807) is 19.1 Å². The molecule has 2 N–H and O–H groups in total. The minimum absolute atomic E-state index is 0.0211. The van der Waals surface area contributed by atoms with Crippen LogP contribution in [0.2, 0.25) is 0 Å². The van der Waals surface area contributed by atoms with E-state index in [2.05, 4.69) is 41.3 Å². The van der Waals surface area contributed by atoms with E-state index in [1.165, 1.54) is 0 Å². The summed E-state index contributed by atoms with van der Waals surface area (Å²) in [6.45, 7) is 8.24. The summed E-state index contributed by atoms with van der Waals surface area (Å²) in [4.78, 5) is 27.5. The van der Waals surface area contributed by atoms with Gasteiger partial charge in [0, 0.05) is 5.56 Å². The number of H-pyrrole nitrogens is 1. The molecule has 0 bridgehead atoms. The van der Waals surface area contributed by atoms with Crippen LogP contribution in [0.3, 0.4) is 0 Å². The van der Waals surface area contributed by atoms with E-state index < -0.39 is 5.97 Å². The lowest BCUT2D eigenvalue weighted by atomic mass is 9.87. The fourth-order valence-electron chi connectivity index (χ4n) is 1.90. The third kappa shape index (κ3) is 4.15. The summed E-state index contributed by atoms with van der Waals surface area (Å²) in [7, 11) is 0. The number of aromatic amines is 1. The van der Waals surface area contributed by atoms with Gasteiger partial charge in [-0.2, -0.15) is 4.98 Å². The van der Waals surface area contributed by atoms with Crippen molar-refractivity contribution in [3.63, 3.8) is 0 Å². The van der Waals surface area contributed by atoms with Gasteiger partial charge in [-0.1, -0.05) is 32.9 Å². The van der Waals surface area contributed by atoms with E-state index in [9.17, 15) is 9.59 Å². The first-order valence-electron chi connectivity index (χ1n) is 7.32. The number of nitrogens with zero attached hydrogens (tertiary/aromatic N) is 2. The van der Waals surface area contributed by atoms with Gasteiger partial charge in [0.2, 0.25) is 11.8 Å². The van der Waals surface area contributed by atoms with Crippen LogP contribution in [-0.4, -0.2) is 33.7 Å². The molecule has 0 aliphatic rings. The Kier molecular flexibility index (Phi) is 4.78. The molecule has 7 nitrogen and oxygen atoms in total. The summed E-state index contributed by atoms with van der Waals surface area (Å²) >= 11 is 0. The van der Waals surface area contributed by atoms with Crippen LogP contribution in [0.4, 0.5) is 5.95 Å². The number of carbonyl (C=O) groups excluding carboxylic acids is 2. The van der Waals surface area contributed by atoms with Crippen LogP contribution < -0.4 is 5.32 Å². The van der Waals surface area contributed by atoms with Crippen LogP contribution in [0.15, 0.2) is 24.3 Å². The molecule has 2 aromatic rings. The van der Waals surface area contributed by atoms with E-state index in [4.69, 9.17) is 4.74 Å². The molecule has 7 heteroatoms. The highest BCUT2D eigenvalue weighted by Gasteiger charge is 2.16. The van der Waals surface area contributed by atoms with Gasteiger partial charge in [0.1, 0.15) is 0 Å². The number of benzene rings is 1. The van der Waals surface area contributed by atoms with Gasteiger partial charge in [0.15, 0.2) is 0 Å². The molecule has 0 aliphatic heterocycles. The van der Waals surface area contributed by atoms with Crippen LogP contribution in [0.5, 0.6) is 0 Å². The third-order valence-corrected chi connectivity index (χ3v) is 3.19. The SMILES string of the molecule is CCOC(=O)c1nc(NC(=O)c2ccc(C(C)(C)C)cc2)n[nH]1. The van der Waals surface area contributed by atoms with Crippen molar-refractivity contribution in [2.24, 2.45) is 0 Å². The molecule has 1 aromatic carbocycles. The molecule has 0 spiro atoms. The number of rotatable bonds is 4. The molecule has 0 aliphatic carbocycles. The average Bonchev–Trinajstić information content (AvgIpc) is 2.95. The highest BCUT2D eigenvalue weighted by atomic mass is 16.5. The van der Waals surface area contributed by atoms with Crippen molar-refractivity contribution in [3.8, 4) is 0 Å². The molecule has 0 atom stereocenters. The van der Waals surface area contributed by atoms with E-state index in [0.29, 0.717) is 5.56 Å². The van der Waals surface area contributed by atoms with Crippen LogP contribution in [0.1, 0.15) is 54.2 Å². The first-order chi connectivity index (χ1) is 10.8. The number of aromatic nitrogens is 3. The summed E-state index contributed by atoms with van der Waals surface area (Å²) in [5.74, 6) is -0.988. The molecular weight excluding hydrogens is 296 g/mol. The number of hydrogen-bond acceptors (Lipinski definition) is 5. The Morgan fingerprint density at radius 1 is 1.22 bits per heavy atom. The Labute approximate surface area is 134 Å². The molecule has 2 rings (SSSR count). The molecule has 0 fully saturated rings. The summed E-state index contributed by atoms with van der Waals surface area (Å²) in [6.07, 6.45) is 0. The largest absolute Gasteiger partial charge is 0.460 e. The molecule has 0 unspecified atom stereocenters. The zero-order valence-corrected chi connectivity index (χ0v) is 13.6. The second kappa shape index (κ2) is 6.60. The minimum atomic E-state index is -0.616. The standard InChI is InChI=1S/C16H20N4O3/c1-5-23-14(22)12-17-15(20-19-12)18-13(21)10-6-8-11(9-7-10)16(2,3)4/h6-9H,5H2,1-4H3,(H2,17,18,19,20,21). The monoisotopic (exact) mass is 316 g/mol. The van der Waals surface area contributed by atoms with Crippen molar-refractivity contribution in [2.75, 3.05) is 11.9 Å². The lowest BCUT2D eigenvalue weighted by Gasteiger charge is -2.18. The Bertz CT molecular complexity index is 699. The number of esters is 1. The number of nitrogens with one attached hydrogen (secondary N) is 2. The molecule has 0 saturated heterocycles. The second-order valence-electron chi connectivity index (χ2n) is 6.01. The van der Waals surface area contributed by atoms with Crippen LogP contribution in [0, 0.1) is 0 Å². The maximum Gasteiger partial charge on any atom is 0.375 e. The molecule has 1 amide bonds. The fourth-order valence-corrected chi connectivity index (χ4v) is 1.90. The van der Waals surface area contributed by atoms with Crippen molar-refractivity contribution in [3.05, 3.63) is 41.2 Å². The molecule has 23 heavy (non-hydrogen) atoms. The van der Waals surface area contributed by atoms with Gasteiger partial charge in [-0.3, -0.25) is 15.2 Å². The smallest absolute Gasteiger partial charge is 0.375 e. The number of carbonyl (C=O) groups is 2. The average molecular weight is 316 g/mol. The van der Waals surface area contributed by atoms with Crippen LogP contribution >= 0.6 is 0 Å². The van der Waals surface area contributed by atoms with Crippen molar-refractivity contribution in [1.82, 2.24) is 15.2 Å². The second-order valence-corrected chi connectivity index (χ2v) is 6.01. The Morgan fingerprint density at radius 2 is 1.87 bits per heavy atom. The van der Waals surface area contributed by atoms with Gasteiger partial charge >= 0.3 is 5.97 Å². The van der Waals surface area contributed by atoms with Gasteiger partial charge in [-0.05, 0) is 30.0 Å². The first kappa shape index (κ1) is 16.7. The predicted molar refractivity (Wildman–Crippen MR) is 85.4 cm³/mol. The van der Waals surface area contributed by atoms with Crippen molar-refractivity contribution in [1.29, 1.82) is 0 Å². The van der Waals surface area contributed by atoms with E-state index in [0.717, 1.165) is 5.56 Å². The van der Waals surface area contributed by atoms with Gasteiger partial charge in [-0.25, -0.2) is 4.79 Å². The molecule has 0 saturated carbocycles. The van der Waals surface area contributed by atoms with Crippen LogP contribution in [-0.2, 0) is 10.2 Å². The Hall–Kier alpha value is -2.70. The number of amides is 1. The Balaban J connectivity index is 2.06. The molecule has 0 radical (unpaired) electrons. The topological polar surface area (TPSA) is 97.0 Å². The maximum atomic E-state index is 12.2. The van der Waals surface area contributed by atoms with Crippen molar-refractivity contribution in [2.45, 2.75) is 33.1 Å².